The lowest BCUT2D eigenvalue weighted by atomic mass is 10.2. The minimum absolute atomic E-state index is 0.275. The number of ether oxygens (including phenoxy) is 1. The fourth-order valence-electron chi connectivity index (χ4n) is 3.03. The summed E-state index contributed by atoms with van der Waals surface area (Å²) in [4.78, 5) is 9.15. The van der Waals surface area contributed by atoms with Gasteiger partial charge in [0.15, 0.2) is 5.65 Å². The Morgan fingerprint density at radius 2 is 2.14 bits per heavy atom. The van der Waals surface area contributed by atoms with E-state index >= 15 is 0 Å². The predicted octanol–water partition coefficient (Wildman–Crippen LogP) is 3.17. The molecule has 0 aliphatic heterocycles. The zero-order valence-electron chi connectivity index (χ0n) is 15.8. The molecule has 0 aromatic carbocycles. The number of hydrogen-bond acceptors (Lipinski definition) is 7. The van der Waals surface area contributed by atoms with Crippen LogP contribution in [0.4, 0.5) is 17.3 Å². The molecule has 2 fully saturated rings. The van der Waals surface area contributed by atoms with E-state index in [4.69, 9.17) is 9.72 Å². The van der Waals surface area contributed by atoms with Crippen molar-refractivity contribution in [1.82, 2.24) is 24.9 Å². The molecular weight excluding hydrogens is 354 g/mol. The van der Waals surface area contributed by atoms with Gasteiger partial charge in [0.2, 0.25) is 5.88 Å². The van der Waals surface area contributed by atoms with Gasteiger partial charge in [-0.25, -0.2) is 9.97 Å². The van der Waals surface area contributed by atoms with Gasteiger partial charge in [-0.05, 0) is 37.8 Å². The van der Waals surface area contributed by atoms with Crippen molar-refractivity contribution in [2.45, 2.75) is 37.8 Å². The Balaban J connectivity index is 1.50. The van der Waals surface area contributed by atoms with Gasteiger partial charge in [-0.15, -0.1) is 0 Å². The lowest BCUT2D eigenvalue weighted by molar-refractivity contribution is 0.293. The zero-order valence-corrected chi connectivity index (χ0v) is 15.8. The molecule has 3 N–H and O–H groups in total. The van der Waals surface area contributed by atoms with E-state index in [9.17, 15) is 0 Å². The van der Waals surface area contributed by atoms with Gasteiger partial charge in [0.25, 0.3) is 0 Å². The molecule has 2 aliphatic carbocycles. The van der Waals surface area contributed by atoms with E-state index in [0.29, 0.717) is 17.7 Å². The third-order valence-electron chi connectivity index (χ3n) is 4.85. The van der Waals surface area contributed by atoms with Gasteiger partial charge in [0.1, 0.15) is 23.4 Å². The molecule has 0 spiro atoms. The van der Waals surface area contributed by atoms with E-state index < -0.39 is 0 Å². The maximum absolute atomic E-state index is 5.91. The van der Waals surface area contributed by atoms with Gasteiger partial charge in [0, 0.05) is 31.0 Å². The molecule has 0 bridgehead atoms. The van der Waals surface area contributed by atoms with Crippen LogP contribution in [-0.2, 0) is 0 Å². The molecular formula is C20H23N7O. The van der Waals surface area contributed by atoms with Crippen molar-refractivity contribution in [3.63, 3.8) is 0 Å². The first-order valence-electron chi connectivity index (χ1n) is 9.62. The molecule has 0 atom stereocenters. The van der Waals surface area contributed by atoms with Gasteiger partial charge in [-0.1, -0.05) is 6.58 Å². The largest absolute Gasteiger partial charge is 0.473 e. The Bertz CT molecular complexity index is 1040. The summed E-state index contributed by atoms with van der Waals surface area (Å²) in [5.74, 6) is 2.12. The number of fused-ring (bicyclic) bond motifs is 1. The fraction of sp³-hybridized carbons (Fsp3) is 0.350. The highest BCUT2D eigenvalue weighted by atomic mass is 16.5. The highest BCUT2D eigenvalue weighted by Gasteiger charge is 2.26. The lowest BCUT2D eigenvalue weighted by Crippen LogP contribution is -2.13. The van der Waals surface area contributed by atoms with Crippen molar-refractivity contribution in [2.75, 3.05) is 17.7 Å². The maximum Gasteiger partial charge on any atom is 0.238 e. The molecule has 3 aromatic heterocycles. The smallest absolute Gasteiger partial charge is 0.238 e. The molecule has 0 unspecified atom stereocenters. The number of rotatable bonds is 8. The van der Waals surface area contributed by atoms with E-state index in [1.54, 1.807) is 16.9 Å². The van der Waals surface area contributed by atoms with Gasteiger partial charge < -0.3 is 20.7 Å². The summed E-state index contributed by atoms with van der Waals surface area (Å²) in [7, 11) is 1.86. The summed E-state index contributed by atoms with van der Waals surface area (Å²) in [6, 6.07) is 6.26. The first kappa shape index (κ1) is 16.9. The molecule has 8 heteroatoms. The van der Waals surface area contributed by atoms with Crippen molar-refractivity contribution in [3.8, 4) is 5.88 Å². The number of nitrogens with one attached hydrogen (secondary N) is 3. The van der Waals surface area contributed by atoms with Crippen molar-refractivity contribution in [1.29, 1.82) is 0 Å². The van der Waals surface area contributed by atoms with E-state index in [0.717, 1.165) is 41.3 Å². The Morgan fingerprint density at radius 1 is 1.29 bits per heavy atom. The van der Waals surface area contributed by atoms with Gasteiger partial charge in [-0.2, -0.15) is 9.61 Å². The second kappa shape index (κ2) is 6.70. The second-order valence-corrected chi connectivity index (χ2v) is 7.27. The first-order valence-corrected chi connectivity index (χ1v) is 9.62. The Labute approximate surface area is 163 Å². The third kappa shape index (κ3) is 3.33. The van der Waals surface area contributed by atoms with Crippen LogP contribution < -0.4 is 20.7 Å². The van der Waals surface area contributed by atoms with Crippen LogP contribution >= 0.6 is 0 Å². The van der Waals surface area contributed by atoms with Crippen LogP contribution in [0.3, 0.4) is 0 Å². The summed E-state index contributed by atoms with van der Waals surface area (Å²) in [6.45, 7) is 4.18. The number of nitrogens with zero attached hydrogens (tertiary/aromatic N) is 4. The van der Waals surface area contributed by atoms with E-state index in [1.165, 1.54) is 12.8 Å². The highest BCUT2D eigenvalue weighted by Crippen LogP contribution is 2.32. The highest BCUT2D eigenvalue weighted by molar-refractivity contribution is 5.77. The SMILES string of the molecule is C=C(NC1CC1)c1cnn2c(NC)cc(Nc3cccnc3OC3CC3)nc12. The summed E-state index contributed by atoms with van der Waals surface area (Å²) in [5.41, 5.74) is 3.28. The average Bonchev–Trinajstić information content (AvgIpc) is 3.63. The molecule has 3 aromatic rings. The topological polar surface area (TPSA) is 88.4 Å². The Hall–Kier alpha value is -3.29. The normalized spacial score (nSPS) is 16.0. The Morgan fingerprint density at radius 3 is 2.89 bits per heavy atom. The quantitative estimate of drug-likeness (QED) is 0.556. The van der Waals surface area contributed by atoms with Crippen LogP contribution in [0.15, 0.2) is 37.2 Å². The molecule has 0 amide bonds. The van der Waals surface area contributed by atoms with Crippen LogP contribution in [0.1, 0.15) is 31.2 Å². The summed E-state index contributed by atoms with van der Waals surface area (Å²) in [6.07, 6.45) is 8.35. The molecule has 0 saturated heterocycles. The Kier molecular flexibility index (Phi) is 4.03. The molecule has 3 heterocycles. The molecule has 28 heavy (non-hydrogen) atoms. The molecule has 2 aliphatic rings. The number of pyridine rings is 1. The first-order chi connectivity index (χ1) is 13.7. The number of anilines is 3. The average molecular weight is 377 g/mol. The fourth-order valence-corrected chi connectivity index (χ4v) is 3.03. The summed E-state index contributed by atoms with van der Waals surface area (Å²) < 4.78 is 7.69. The minimum atomic E-state index is 0.275. The van der Waals surface area contributed by atoms with E-state index in [1.807, 2.05) is 25.2 Å². The lowest BCUT2D eigenvalue weighted by Gasteiger charge is -2.13. The number of aromatic nitrogens is 4. The van der Waals surface area contributed by atoms with Crippen LogP contribution in [0, 0.1) is 0 Å². The molecule has 2 saturated carbocycles. The van der Waals surface area contributed by atoms with E-state index in [2.05, 4.69) is 32.6 Å². The zero-order chi connectivity index (χ0) is 19.1. The summed E-state index contributed by atoms with van der Waals surface area (Å²) >= 11 is 0. The van der Waals surface area contributed by atoms with Crippen LogP contribution in [0.2, 0.25) is 0 Å². The predicted molar refractivity (Wildman–Crippen MR) is 109 cm³/mol. The molecule has 0 radical (unpaired) electrons. The summed E-state index contributed by atoms with van der Waals surface area (Å²) in [5, 5.41) is 14.4. The molecule has 8 nitrogen and oxygen atoms in total. The molecule has 5 rings (SSSR count). The number of hydrogen-bond donors (Lipinski definition) is 3. The third-order valence-corrected chi connectivity index (χ3v) is 4.85. The van der Waals surface area contributed by atoms with Crippen LogP contribution in [-0.4, -0.2) is 38.8 Å². The van der Waals surface area contributed by atoms with E-state index in [-0.39, 0.29) is 6.10 Å². The second-order valence-electron chi connectivity index (χ2n) is 7.27. The monoisotopic (exact) mass is 377 g/mol. The van der Waals surface area contributed by atoms with Crippen molar-refractivity contribution >= 4 is 28.7 Å². The van der Waals surface area contributed by atoms with Crippen LogP contribution in [0.25, 0.3) is 11.3 Å². The minimum Gasteiger partial charge on any atom is -0.473 e. The molecule has 144 valence electrons. The van der Waals surface area contributed by atoms with Crippen molar-refractivity contribution < 1.29 is 4.74 Å². The standard InChI is InChI=1S/C20H23N7O/c1-12(24-13-5-6-13)15-11-23-27-18(21-2)10-17(26-19(15)27)25-16-4-3-9-22-20(16)28-14-7-8-14/h3-4,9-11,13-14,21,24H,1,5-8H2,2H3,(H,25,26). The van der Waals surface area contributed by atoms with Gasteiger partial charge in [-0.3, -0.25) is 0 Å². The van der Waals surface area contributed by atoms with Gasteiger partial charge in [0.05, 0.1) is 11.8 Å². The van der Waals surface area contributed by atoms with Gasteiger partial charge >= 0.3 is 0 Å². The van der Waals surface area contributed by atoms with Crippen LogP contribution in [0.5, 0.6) is 5.88 Å². The van der Waals surface area contributed by atoms with Crippen molar-refractivity contribution in [2.24, 2.45) is 0 Å². The maximum atomic E-state index is 5.91. The van der Waals surface area contributed by atoms with Crippen molar-refractivity contribution in [3.05, 3.63) is 42.7 Å².